The minimum atomic E-state index is -3.37. The second-order valence-corrected chi connectivity index (χ2v) is 9.39. The summed E-state index contributed by atoms with van der Waals surface area (Å²) in [6, 6.07) is 16.8. The third kappa shape index (κ3) is 6.02. The number of benzene rings is 2. The molecule has 3 rings (SSSR count). The highest BCUT2D eigenvalue weighted by Crippen LogP contribution is 2.16. The molecule has 0 spiro atoms. The molecule has 1 aromatic heterocycles. The van der Waals surface area contributed by atoms with Gasteiger partial charge in [0, 0.05) is 12.6 Å². The molecular formula is C23H28N4O3S. The molecular weight excluding hydrogens is 412 g/mol. The first-order chi connectivity index (χ1) is 14.8. The second-order valence-electron chi connectivity index (χ2n) is 7.64. The van der Waals surface area contributed by atoms with E-state index in [1.807, 2.05) is 49.4 Å². The van der Waals surface area contributed by atoms with Crippen LogP contribution in [0.15, 0.2) is 60.8 Å². The lowest BCUT2D eigenvalue weighted by molar-refractivity contribution is 0.0950. The summed E-state index contributed by atoms with van der Waals surface area (Å²) in [6.07, 6.45) is 2.27. The molecule has 0 radical (unpaired) electrons. The van der Waals surface area contributed by atoms with Crippen LogP contribution in [0.2, 0.25) is 0 Å². The normalized spacial score (nSPS) is 11.6. The second kappa shape index (κ2) is 9.89. The van der Waals surface area contributed by atoms with Crippen LogP contribution in [0.1, 0.15) is 48.0 Å². The first kappa shape index (κ1) is 22.7. The molecule has 2 aromatic carbocycles. The lowest BCUT2D eigenvalue weighted by Gasteiger charge is -2.10. The summed E-state index contributed by atoms with van der Waals surface area (Å²) in [5, 5.41) is 7.32. The predicted octanol–water partition coefficient (Wildman–Crippen LogP) is 3.19. The molecule has 31 heavy (non-hydrogen) atoms. The van der Waals surface area contributed by atoms with E-state index < -0.39 is 10.0 Å². The van der Waals surface area contributed by atoms with E-state index in [-0.39, 0.29) is 17.7 Å². The number of nitrogens with zero attached hydrogens (tertiary/aromatic N) is 2. The number of sulfonamides is 1. The van der Waals surface area contributed by atoms with Crippen LogP contribution in [0.5, 0.6) is 0 Å². The molecule has 0 saturated heterocycles. The van der Waals surface area contributed by atoms with Gasteiger partial charge in [-0.3, -0.25) is 4.79 Å². The van der Waals surface area contributed by atoms with Crippen molar-refractivity contribution in [3.63, 3.8) is 0 Å². The van der Waals surface area contributed by atoms with E-state index >= 15 is 0 Å². The number of hydrogen-bond donors (Lipinski definition) is 2. The third-order valence-electron chi connectivity index (χ3n) is 4.70. The summed E-state index contributed by atoms with van der Waals surface area (Å²) < 4.78 is 28.5. The van der Waals surface area contributed by atoms with Gasteiger partial charge in [0.1, 0.15) is 0 Å². The van der Waals surface area contributed by atoms with Crippen LogP contribution < -0.4 is 10.0 Å². The molecule has 8 heteroatoms. The Morgan fingerprint density at radius 2 is 1.68 bits per heavy atom. The van der Waals surface area contributed by atoms with Crippen LogP contribution in [0, 0.1) is 0 Å². The van der Waals surface area contributed by atoms with Crippen molar-refractivity contribution in [1.29, 1.82) is 0 Å². The van der Waals surface area contributed by atoms with Crippen molar-refractivity contribution in [3.05, 3.63) is 83.2 Å². The van der Waals surface area contributed by atoms with Crippen LogP contribution in [0.25, 0.3) is 5.69 Å². The van der Waals surface area contributed by atoms with E-state index in [9.17, 15) is 13.2 Å². The number of amides is 1. The van der Waals surface area contributed by atoms with E-state index in [0.717, 1.165) is 16.9 Å². The molecule has 0 aliphatic heterocycles. The van der Waals surface area contributed by atoms with Crippen LogP contribution in [-0.4, -0.2) is 30.1 Å². The number of aromatic nitrogens is 2. The molecule has 164 valence electrons. The molecule has 7 nitrogen and oxygen atoms in total. The lowest BCUT2D eigenvalue weighted by atomic mass is 10.1. The Hall–Kier alpha value is -2.97. The van der Waals surface area contributed by atoms with Gasteiger partial charge in [0.2, 0.25) is 10.0 Å². The molecule has 0 atom stereocenters. The average Bonchev–Trinajstić information content (AvgIpc) is 3.16. The number of nitrogens with one attached hydrogen (secondary N) is 2. The fourth-order valence-electron chi connectivity index (χ4n) is 3.35. The van der Waals surface area contributed by atoms with E-state index in [2.05, 4.69) is 15.1 Å². The maximum Gasteiger partial charge on any atom is 0.255 e. The Labute approximate surface area is 183 Å². The van der Waals surface area contributed by atoms with E-state index in [0.29, 0.717) is 24.1 Å². The monoisotopic (exact) mass is 440 g/mol. The number of carbonyl (C=O) groups is 1. The maximum atomic E-state index is 12.7. The fraction of sp³-hybridized carbons (Fsp3) is 0.304. The highest BCUT2D eigenvalue weighted by molar-refractivity contribution is 7.88. The van der Waals surface area contributed by atoms with Gasteiger partial charge in [-0.15, -0.1) is 0 Å². The minimum Gasteiger partial charge on any atom is -0.348 e. The highest BCUT2D eigenvalue weighted by atomic mass is 32.2. The molecule has 3 aromatic rings. The van der Waals surface area contributed by atoms with Gasteiger partial charge < -0.3 is 5.32 Å². The fourth-order valence-corrected chi connectivity index (χ4v) is 4.78. The van der Waals surface area contributed by atoms with Crippen molar-refractivity contribution in [3.8, 4) is 5.69 Å². The van der Waals surface area contributed by atoms with Crippen molar-refractivity contribution in [1.82, 2.24) is 19.8 Å². The highest BCUT2D eigenvalue weighted by Gasteiger charge is 2.17. The summed E-state index contributed by atoms with van der Waals surface area (Å²) in [5.41, 5.74) is 3.90. The number of para-hydroxylation sites is 1. The third-order valence-corrected chi connectivity index (χ3v) is 6.24. The molecule has 0 fully saturated rings. The molecule has 0 aliphatic rings. The van der Waals surface area contributed by atoms with Crippen molar-refractivity contribution in [2.45, 2.75) is 45.5 Å². The smallest absolute Gasteiger partial charge is 0.255 e. The first-order valence-corrected chi connectivity index (χ1v) is 11.9. The number of hydrogen-bond acceptors (Lipinski definition) is 4. The minimum absolute atomic E-state index is 0.0731. The van der Waals surface area contributed by atoms with E-state index in [1.165, 1.54) is 0 Å². The zero-order valence-corrected chi connectivity index (χ0v) is 18.8. The summed E-state index contributed by atoms with van der Waals surface area (Å²) >= 11 is 0. The topological polar surface area (TPSA) is 93.1 Å². The van der Waals surface area contributed by atoms with Crippen molar-refractivity contribution in [2.75, 3.05) is 0 Å². The van der Waals surface area contributed by atoms with Crippen molar-refractivity contribution < 1.29 is 13.2 Å². The molecule has 0 unspecified atom stereocenters. The summed E-state index contributed by atoms with van der Waals surface area (Å²) in [7, 11) is -3.37. The Morgan fingerprint density at radius 3 is 2.29 bits per heavy atom. The van der Waals surface area contributed by atoms with Crippen molar-refractivity contribution in [2.24, 2.45) is 0 Å². The number of carbonyl (C=O) groups excluding carboxylic acids is 1. The van der Waals surface area contributed by atoms with Gasteiger partial charge in [0.15, 0.2) is 0 Å². The Kier molecular flexibility index (Phi) is 7.25. The predicted molar refractivity (Wildman–Crippen MR) is 121 cm³/mol. The van der Waals surface area contributed by atoms with E-state index in [1.54, 1.807) is 36.9 Å². The van der Waals surface area contributed by atoms with Gasteiger partial charge in [-0.1, -0.05) is 49.4 Å². The average molecular weight is 441 g/mol. The molecule has 2 N–H and O–H groups in total. The summed E-state index contributed by atoms with van der Waals surface area (Å²) in [4.78, 5) is 12.7. The van der Waals surface area contributed by atoms with Crippen LogP contribution in [0.3, 0.4) is 0 Å². The molecule has 1 heterocycles. The number of rotatable bonds is 9. The van der Waals surface area contributed by atoms with Gasteiger partial charge in [0.05, 0.1) is 28.9 Å². The van der Waals surface area contributed by atoms with Gasteiger partial charge >= 0.3 is 0 Å². The van der Waals surface area contributed by atoms with E-state index in [4.69, 9.17) is 0 Å². The van der Waals surface area contributed by atoms with Gasteiger partial charge in [-0.2, -0.15) is 5.10 Å². The Bertz CT molecular complexity index is 1120. The largest absolute Gasteiger partial charge is 0.348 e. The maximum absolute atomic E-state index is 12.7. The zero-order chi connectivity index (χ0) is 22.4. The van der Waals surface area contributed by atoms with Crippen LogP contribution >= 0.6 is 0 Å². The zero-order valence-electron chi connectivity index (χ0n) is 18.0. The molecule has 0 saturated carbocycles. The van der Waals surface area contributed by atoms with Crippen LogP contribution in [0.4, 0.5) is 0 Å². The van der Waals surface area contributed by atoms with Crippen molar-refractivity contribution >= 4 is 15.9 Å². The molecule has 0 bridgehead atoms. The Morgan fingerprint density at radius 1 is 1.03 bits per heavy atom. The Balaban J connectivity index is 1.64. The quantitative estimate of drug-likeness (QED) is 0.534. The SMILES string of the molecule is CCc1c(C(=O)NCc2ccc(CS(=O)(=O)NC(C)C)cc2)cnn1-c1ccccc1. The summed E-state index contributed by atoms with van der Waals surface area (Å²) in [5.74, 6) is -0.261. The first-order valence-electron chi connectivity index (χ1n) is 10.3. The van der Waals surface area contributed by atoms with Gasteiger partial charge in [0.25, 0.3) is 5.91 Å². The molecule has 0 aliphatic carbocycles. The van der Waals surface area contributed by atoms with Gasteiger partial charge in [-0.05, 0) is 43.5 Å². The summed E-state index contributed by atoms with van der Waals surface area (Å²) in [6.45, 7) is 5.91. The van der Waals surface area contributed by atoms with Crippen LogP contribution in [-0.2, 0) is 28.7 Å². The lowest BCUT2D eigenvalue weighted by Crippen LogP contribution is -2.31. The van der Waals surface area contributed by atoms with Gasteiger partial charge in [-0.25, -0.2) is 17.8 Å². The molecule has 1 amide bonds. The standard InChI is InChI=1S/C23H28N4O3S/c1-4-22-21(15-25-27(22)20-8-6-5-7-9-20)23(28)24-14-18-10-12-19(13-11-18)16-31(29,30)26-17(2)3/h5-13,15,17,26H,4,14,16H2,1-3H3,(H,24,28).